The van der Waals surface area contributed by atoms with E-state index in [1.807, 2.05) is 25.1 Å². The summed E-state index contributed by atoms with van der Waals surface area (Å²) >= 11 is 0. The number of hydrazone groups is 1. The lowest BCUT2D eigenvalue weighted by atomic mass is 9.86. The zero-order valence-corrected chi connectivity index (χ0v) is 17.1. The second-order valence-corrected chi connectivity index (χ2v) is 7.96. The van der Waals surface area contributed by atoms with E-state index >= 15 is 0 Å². The Bertz CT molecular complexity index is 1120. The van der Waals surface area contributed by atoms with Crippen LogP contribution in [0.5, 0.6) is 5.75 Å². The summed E-state index contributed by atoms with van der Waals surface area (Å²) in [4.78, 5) is 41.6. The Morgan fingerprint density at radius 2 is 1.65 bits per heavy atom. The maximum atomic E-state index is 13.5. The number of carbonyl (C=O) groups excluding carboxylic acids is 3. The lowest BCUT2D eigenvalue weighted by molar-refractivity contribution is -0.123. The van der Waals surface area contributed by atoms with E-state index in [0.29, 0.717) is 17.0 Å². The molecule has 7 nitrogen and oxygen atoms in total. The van der Waals surface area contributed by atoms with Crippen molar-refractivity contribution in [3.05, 3.63) is 71.8 Å². The lowest BCUT2D eigenvalue weighted by Crippen LogP contribution is -2.46. The number of hydrogen-bond acceptors (Lipinski definition) is 6. The molecule has 31 heavy (non-hydrogen) atoms. The second-order valence-electron chi connectivity index (χ2n) is 7.96. The molecule has 3 heterocycles. The molecule has 0 aliphatic carbocycles. The van der Waals surface area contributed by atoms with Crippen LogP contribution in [0.2, 0.25) is 0 Å². The predicted octanol–water partition coefficient (Wildman–Crippen LogP) is 2.60. The number of aryl methyl sites for hydroxylation is 1. The van der Waals surface area contributed by atoms with Gasteiger partial charge in [0.25, 0.3) is 0 Å². The van der Waals surface area contributed by atoms with Gasteiger partial charge in [-0.15, -0.1) is 0 Å². The third-order valence-electron chi connectivity index (χ3n) is 6.23. The summed E-state index contributed by atoms with van der Waals surface area (Å²) in [6, 6.07) is 12.7. The van der Waals surface area contributed by atoms with Crippen LogP contribution in [0, 0.1) is 18.8 Å². The Hall–Kier alpha value is -3.74. The topological polar surface area (TPSA) is 79.3 Å². The van der Waals surface area contributed by atoms with Crippen LogP contribution in [0.1, 0.15) is 15.9 Å². The molecule has 3 aliphatic heterocycles. The van der Waals surface area contributed by atoms with Gasteiger partial charge in [0, 0.05) is 11.8 Å². The van der Waals surface area contributed by atoms with Crippen molar-refractivity contribution in [3.8, 4) is 5.75 Å². The highest BCUT2D eigenvalue weighted by atomic mass is 16.5. The monoisotopic (exact) mass is 415 g/mol. The van der Waals surface area contributed by atoms with Gasteiger partial charge in [0.1, 0.15) is 11.8 Å². The number of methoxy groups -OCH3 is 1. The highest BCUT2D eigenvalue weighted by Crippen LogP contribution is 2.46. The predicted molar refractivity (Wildman–Crippen MR) is 115 cm³/mol. The molecule has 0 N–H and O–H groups in total. The molecule has 0 radical (unpaired) electrons. The van der Waals surface area contributed by atoms with Crippen LogP contribution in [0.4, 0.5) is 5.69 Å². The molecule has 5 rings (SSSR count). The number of carbonyl (C=O) groups is 3. The summed E-state index contributed by atoms with van der Waals surface area (Å²) in [5.41, 5.74) is 2.01. The number of Topliss-reactive ketones (excluding diaryl/α,β-unsaturated/α-hetero) is 1. The fraction of sp³-hybridized carbons (Fsp3) is 0.250. The van der Waals surface area contributed by atoms with Gasteiger partial charge in [0.2, 0.25) is 11.8 Å². The molecule has 2 aromatic rings. The zero-order valence-electron chi connectivity index (χ0n) is 17.1. The Morgan fingerprint density at radius 1 is 0.968 bits per heavy atom. The van der Waals surface area contributed by atoms with E-state index in [1.165, 1.54) is 4.90 Å². The van der Waals surface area contributed by atoms with Gasteiger partial charge < -0.3 is 4.74 Å². The lowest BCUT2D eigenvalue weighted by Gasteiger charge is -2.30. The van der Waals surface area contributed by atoms with Crippen molar-refractivity contribution < 1.29 is 19.1 Å². The third-order valence-corrected chi connectivity index (χ3v) is 6.23. The Kier molecular flexibility index (Phi) is 4.46. The van der Waals surface area contributed by atoms with E-state index in [-0.39, 0.29) is 17.6 Å². The van der Waals surface area contributed by atoms with E-state index in [9.17, 15) is 14.4 Å². The summed E-state index contributed by atoms with van der Waals surface area (Å²) in [5.74, 6) is -1.71. The largest absolute Gasteiger partial charge is 0.497 e. The normalized spacial score (nSPS) is 26.3. The molecule has 3 aliphatic rings. The van der Waals surface area contributed by atoms with Gasteiger partial charge in [-0.2, -0.15) is 5.10 Å². The summed E-state index contributed by atoms with van der Waals surface area (Å²) in [6.07, 6.45) is 5.18. The maximum absolute atomic E-state index is 13.5. The van der Waals surface area contributed by atoms with Crippen LogP contribution in [0.15, 0.2) is 65.8 Å². The first kappa shape index (κ1) is 19.2. The molecule has 2 amide bonds. The van der Waals surface area contributed by atoms with E-state index in [0.717, 1.165) is 5.56 Å². The first-order valence-corrected chi connectivity index (χ1v) is 10.1. The number of ketones is 1. The molecule has 156 valence electrons. The molecule has 2 fully saturated rings. The molecule has 0 unspecified atom stereocenters. The van der Waals surface area contributed by atoms with E-state index in [4.69, 9.17) is 4.74 Å². The Balaban J connectivity index is 1.55. The Morgan fingerprint density at radius 3 is 2.32 bits per heavy atom. The van der Waals surface area contributed by atoms with Gasteiger partial charge in [-0.05, 0) is 49.4 Å². The Labute approximate surface area is 179 Å². The SMILES string of the molecule is COc1ccc(C(=O)[C@H]2[C@H]3C(=O)N(c4ccc(C)cc4)C(=O)[C@H]3[C@@H]3C=CC=NN32)cc1. The molecule has 2 saturated heterocycles. The van der Waals surface area contributed by atoms with Gasteiger partial charge in [0.05, 0.1) is 30.7 Å². The minimum Gasteiger partial charge on any atom is -0.497 e. The van der Waals surface area contributed by atoms with Crippen LogP contribution >= 0.6 is 0 Å². The number of anilines is 1. The summed E-state index contributed by atoms with van der Waals surface area (Å²) < 4.78 is 5.17. The molecule has 4 atom stereocenters. The highest BCUT2D eigenvalue weighted by molar-refractivity contribution is 6.24. The number of fused-ring (bicyclic) bond motifs is 3. The summed E-state index contributed by atoms with van der Waals surface area (Å²) in [7, 11) is 1.56. The summed E-state index contributed by atoms with van der Waals surface area (Å²) in [6.45, 7) is 1.94. The molecule has 0 spiro atoms. The number of allylic oxidation sites excluding steroid dienone is 1. The number of imide groups is 1. The average molecular weight is 415 g/mol. The third kappa shape index (κ3) is 2.88. The van der Waals surface area contributed by atoms with Gasteiger partial charge in [-0.3, -0.25) is 19.4 Å². The van der Waals surface area contributed by atoms with E-state index in [2.05, 4.69) is 5.10 Å². The highest BCUT2D eigenvalue weighted by Gasteiger charge is 2.64. The number of ether oxygens (including phenoxy) is 1. The van der Waals surface area contributed by atoms with Gasteiger partial charge in [-0.25, -0.2) is 4.90 Å². The van der Waals surface area contributed by atoms with E-state index in [1.54, 1.807) is 60.8 Å². The van der Waals surface area contributed by atoms with Gasteiger partial charge >= 0.3 is 0 Å². The van der Waals surface area contributed by atoms with Crippen molar-refractivity contribution in [1.82, 2.24) is 5.01 Å². The smallest absolute Gasteiger partial charge is 0.240 e. The first-order valence-electron chi connectivity index (χ1n) is 10.1. The van der Waals surface area contributed by atoms with Crippen LogP contribution in [-0.4, -0.2) is 48.0 Å². The van der Waals surface area contributed by atoms with Crippen molar-refractivity contribution in [1.29, 1.82) is 0 Å². The molecular formula is C24H21N3O4. The molecule has 7 heteroatoms. The number of amides is 2. The molecule has 0 aromatic heterocycles. The number of nitrogens with zero attached hydrogens (tertiary/aromatic N) is 3. The number of benzene rings is 2. The summed E-state index contributed by atoms with van der Waals surface area (Å²) in [5, 5.41) is 5.98. The molecule has 0 bridgehead atoms. The standard InChI is InChI=1S/C24H21N3O4/c1-14-5-9-16(10-6-14)26-23(29)19-18-4-3-13-25-27(18)21(20(19)24(26)30)22(28)15-7-11-17(31-2)12-8-15/h3-13,18-21H,1-2H3/t18-,19-,20-,21+/m0/s1. The quantitative estimate of drug-likeness (QED) is 0.567. The van der Waals surface area contributed by atoms with Crippen molar-refractivity contribution in [2.45, 2.75) is 19.0 Å². The van der Waals surface area contributed by atoms with Crippen molar-refractivity contribution in [2.24, 2.45) is 16.9 Å². The van der Waals surface area contributed by atoms with Crippen molar-refractivity contribution >= 4 is 29.5 Å². The zero-order chi connectivity index (χ0) is 21.7. The number of hydrogen-bond donors (Lipinski definition) is 0. The van der Waals surface area contributed by atoms with Gasteiger partial charge in [-0.1, -0.05) is 23.8 Å². The van der Waals surface area contributed by atoms with Crippen LogP contribution in [0.25, 0.3) is 0 Å². The minimum absolute atomic E-state index is 0.237. The van der Waals surface area contributed by atoms with Crippen molar-refractivity contribution in [3.63, 3.8) is 0 Å². The van der Waals surface area contributed by atoms with E-state index < -0.39 is 23.9 Å². The first-order chi connectivity index (χ1) is 15.0. The fourth-order valence-corrected chi connectivity index (χ4v) is 4.71. The molecular weight excluding hydrogens is 394 g/mol. The molecule has 2 aromatic carbocycles. The van der Waals surface area contributed by atoms with Crippen LogP contribution in [0.3, 0.4) is 0 Å². The van der Waals surface area contributed by atoms with Crippen LogP contribution in [-0.2, 0) is 9.59 Å². The maximum Gasteiger partial charge on any atom is 0.240 e. The molecule has 0 saturated carbocycles. The minimum atomic E-state index is -0.850. The average Bonchev–Trinajstić information content (AvgIpc) is 3.27. The number of rotatable bonds is 4. The second kappa shape index (κ2) is 7.19. The van der Waals surface area contributed by atoms with Crippen molar-refractivity contribution in [2.75, 3.05) is 12.0 Å². The van der Waals surface area contributed by atoms with Crippen LogP contribution < -0.4 is 9.64 Å². The fourth-order valence-electron chi connectivity index (χ4n) is 4.71. The van der Waals surface area contributed by atoms with Gasteiger partial charge in [0.15, 0.2) is 5.78 Å².